The van der Waals surface area contributed by atoms with Crippen molar-refractivity contribution in [2.75, 3.05) is 6.54 Å². The average Bonchev–Trinajstić information content (AvgIpc) is 2.06. The Morgan fingerprint density at radius 1 is 1.33 bits per heavy atom. The molecule has 72 valence electrons. The van der Waals surface area contributed by atoms with Crippen LogP contribution >= 0.6 is 0 Å². The molecule has 0 radical (unpaired) electrons. The highest BCUT2D eigenvalue weighted by Gasteiger charge is 1.97. The maximum atomic E-state index is 3.46. The number of allylic oxidation sites excluding steroid dienone is 1. The van der Waals surface area contributed by atoms with Crippen molar-refractivity contribution in [3.8, 4) is 0 Å². The quantitative estimate of drug-likeness (QED) is 0.456. The van der Waals surface area contributed by atoms with Gasteiger partial charge in [0, 0.05) is 12.6 Å². The van der Waals surface area contributed by atoms with Gasteiger partial charge in [-0.15, -0.1) is 0 Å². The highest BCUT2D eigenvalue weighted by molar-refractivity contribution is 4.80. The fraction of sp³-hybridized carbons (Fsp3) is 0.818. The molecule has 0 saturated carbocycles. The Bertz CT molecular complexity index is 108. The van der Waals surface area contributed by atoms with Crippen LogP contribution in [0.25, 0.3) is 0 Å². The summed E-state index contributed by atoms with van der Waals surface area (Å²) in [4.78, 5) is 0. The minimum Gasteiger partial charge on any atom is -0.311 e. The van der Waals surface area contributed by atoms with E-state index in [1.54, 1.807) is 0 Å². The number of hydrogen-bond donors (Lipinski definition) is 1. The van der Waals surface area contributed by atoms with E-state index < -0.39 is 0 Å². The van der Waals surface area contributed by atoms with Crippen LogP contribution in [0.3, 0.4) is 0 Å². The van der Waals surface area contributed by atoms with E-state index in [2.05, 4.69) is 38.2 Å². The molecule has 1 atom stereocenters. The largest absolute Gasteiger partial charge is 0.311 e. The first-order valence-electron chi connectivity index (χ1n) is 5.15. The van der Waals surface area contributed by atoms with Gasteiger partial charge in [0.05, 0.1) is 0 Å². The van der Waals surface area contributed by atoms with Crippen molar-refractivity contribution in [3.63, 3.8) is 0 Å². The summed E-state index contributed by atoms with van der Waals surface area (Å²) in [6.07, 6.45) is 9.62. The van der Waals surface area contributed by atoms with E-state index in [1.807, 2.05) is 0 Å². The average molecular weight is 169 g/mol. The van der Waals surface area contributed by atoms with E-state index in [4.69, 9.17) is 0 Å². The molecule has 0 spiro atoms. The molecule has 0 aliphatic carbocycles. The lowest BCUT2D eigenvalue weighted by Crippen LogP contribution is -2.25. The van der Waals surface area contributed by atoms with Gasteiger partial charge >= 0.3 is 0 Å². The zero-order valence-electron chi connectivity index (χ0n) is 8.77. The standard InChI is InChI=1S/C11H23N/c1-4-6-8-9-11(3)12-10-7-5-2/h5,7,11-12H,4,6,8-10H2,1-3H3/b7-5+. The Labute approximate surface area is 77.2 Å². The second-order valence-electron chi connectivity index (χ2n) is 3.37. The van der Waals surface area contributed by atoms with E-state index in [0.717, 1.165) is 6.54 Å². The molecule has 1 N–H and O–H groups in total. The third kappa shape index (κ3) is 7.80. The summed E-state index contributed by atoms with van der Waals surface area (Å²) >= 11 is 0. The summed E-state index contributed by atoms with van der Waals surface area (Å²) in [6.45, 7) is 7.59. The predicted octanol–water partition coefficient (Wildman–Crippen LogP) is 3.12. The molecule has 1 heteroatoms. The number of hydrogen-bond acceptors (Lipinski definition) is 1. The van der Waals surface area contributed by atoms with Gasteiger partial charge in [-0.2, -0.15) is 0 Å². The van der Waals surface area contributed by atoms with Gasteiger partial charge in [-0.1, -0.05) is 38.3 Å². The van der Waals surface area contributed by atoms with Gasteiger partial charge in [0.1, 0.15) is 0 Å². The third-order valence-electron chi connectivity index (χ3n) is 2.06. The van der Waals surface area contributed by atoms with E-state index in [1.165, 1.54) is 25.7 Å². The molecule has 0 fully saturated rings. The van der Waals surface area contributed by atoms with Gasteiger partial charge in [-0.25, -0.2) is 0 Å². The van der Waals surface area contributed by atoms with Crippen LogP contribution in [-0.4, -0.2) is 12.6 Å². The minimum absolute atomic E-state index is 0.674. The van der Waals surface area contributed by atoms with Gasteiger partial charge in [-0.3, -0.25) is 0 Å². The van der Waals surface area contributed by atoms with Gasteiger partial charge < -0.3 is 5.32 Å². The molecule has 0 heterocycles. The van der Waals surface area contributed by atoms with Crippen molar-refractivity contribution in [2.45, 2.75) is 52.5 Å². The molecular formula is C11H23N. The molecule has 0 aromatic carbocycles. The van der Waals surface area contributed by atoms with Gasteiger partial charge in [0.15, 0.2) is 0 Å². The highest BCUT2D eigenvalue weighted by Crippen LogP contribution is 2.02. The molecule has 0 aliphatic rings. The smallest absolute Gasteiger partial charge is 0.0137 e. The van der Waals surface area contributed by atoms with Crippen LogP contribution in [0.5, 0.6) is 0 Å². The van der Waals surface area contributed by atoms with Gasteiger partial charge in [0.2, 0.25) is 0 Å². The van der Waals surface area contributed by atoms with Crippen LogP contribution in [0.15, 0.2) is 12.2 Å². The van der Waals surface area contributed by atoms with Crippen molar-refractivity contribution < 1.29 is 0 Å². The first kappa shape index (κ1) is 11.7. The van der Waals surface area contributed by atoms with Crippen LogP contribution in [0, 0.1) is 0 Å². The number of rotatable bonds is 7. The second-order valence-corrected chi connectivity index (χ2v) is 3.37. The summed E-state index contributed by atoms with van der Waals surface area (Å²) in [5, 5.41) is 3.46. The summed E-state index contributed by atoms with van der Waals surface area (Å²) < 4.78 is 0. The minimum atomic E-state index is 0.674. The monoisotopic (exact) mass is 169 g/mol. The highest BCUT2D eigenvalue weighted by atomic mass is 14.9. The van der Waals surface area contributed by atoms with Crippen molar-refractivity contribution in [2.24, 2.45) is 0 Å². The van der Waals surface area contributed by atoms with Crippen molar-refractivity contribution in [3.05, 3.63) is 12.2 Å². The zero-order valence-corrected chi connectivity index (χ0v) is 8.77. The number of unbranched alkanes of at least 4 members (excludes halogenated alkanes) is 2. The van der Waals surface area contributed by atoms with Crippen LogP contribution in [-0.2, 0) is 0 Å². The fourth-order valence-corrected chi connectivity index (χ4v) is 1.19. The Kier molecular flexibility index (Phi) is 8.57. The molecule has 0 rings (SSSR count). The van der Waals surface area contributed by atoms with Gasteiger partial charge in [-0.05, 0) is 20.3 Å². The molecule has 0 saturated heterocycles. The molecule has 0 amide bonds. The molecule has 0 aromatic heterocycles. The molecule has 12 heavy (non-hydrogen) atoms. The molecule has 1 unspecified atom stereocenters. The van der Waals surface area contributed by atoms with Crippen LogP contribution in [0.1, 0.15) is 46.5 Å². The van der Waals surface area contributed by atoms with E-state index >= 15 is 0 Å². The predicted molar refractivity (Wildman–Crippen MR) is 56.4 cm³/mol. The Hall–Kier alpha value is -0.300. The lowest BCUT2D eigenvalue weighted by atomic mass is 10.1. The van der Waals surface area contributed by atoms with E-state index in [0.29, 0.717) is 6.04 Å². The van der Waals surface area contributed by atoms with Crippen LogP contribution in [0.4, 0.5) is 0 Å². The molecule has 0 aromatic rings. The summed E-state index contributed by atoms with van der Waals surface area (Å²) in [7, 11) is 0. The lowest BCUT2D eigenvalue weighted by Gasteiger charge is -2.11. The molecule has 0 bridgehead atoms. The van der Waals surface area contributed by atoms with Crippen molar-refractivity contribution in [1.82, 2.24) is 5.32 Å². The Balaban J connectivity index is 3.15. The molecular weight excluding hydrogens is 146 g/mol. The lowest BCUT2D eigenvalue weighted by molar-refractivity contribution is 0.509. The van der Waals surface area contributed by atoms with Crippen LogP contribution in [0.2, 0.25) is 0 Å². The Morgan fingerprint density at radius 2 is 2.08 bits per heavy atom. The number of nitrogens with one attached hydrogen (secondary N) is 1. The normalized spacial score (nSPS) is 13.9. The van der Waals surface area contributed by atoms with E-state index in [9.17, 15) is 0 Å². The summed E-state index contributed by atoms with van der Waals surface area (Å²) in [5.74, 6) is 0. The van der Waals surface area contributed by atoms with Gasteiger partial charge in [0.25, 0.3) is 0 Å². The Morgan fingerprint density at radius 3 is 2.67 bits per heavy atom. The van der Waals surface area contributed by atoms with Crippen molar-refractivity contribution in [1.29, 1.82) is 0 Å². The van der Waals surface area contributed by atoms with Crippen LogP contribution < -0.4 is 5.32 Å². The topological polar surface area (TPSA) is 12.0 Å². The summed E-state index contributed by atoms with van der Waals surface area (Å²) in [5.41, 5.74) is 0. The molecule has 1 nitrogen and oxygen atoms in total. The first-order valence-corrected chi connectivity index (χ1v) is 5.15. The maximum absolute atomic E-state index is 3.46. The fourth-order valence-electron chi connectivity index (χ4n) is 1.19. The van der Waals surface area contributed by atoms with E-state index in [-0.39, 0.29) is 0 Å². The first-order chi connectivity index (χ1) is 5.81. The van der Waals surface area contributed by atoms with Crippen molar-refractivity contribution >= 4 is 0 Å². The SMILES string of the molecule is C/C=C/CNC(C)CCCCC. The second kappa shape index (κ2) is 8.79. The molecule has 0 aliphatic heterocycles. The zero-order chi connectivity index (χ0) is 9.23. The third-order valence-corrected chi connectivity index (χ3v) is 2.06. The summed E-state index contributed by atoms with van der Waals surface area (Å²) in [6, 6.07) is 0.674. The maximum Gasteiger partial charge on any atom is 0.0137 e.